The zero-order valence-corrected chi connectivity index (χ0v) is 29.7. The van der Waals surface area contributed by atoms with Crippen molar-refractivity contribution in [3.8, 4) is 48.6 Å². The van der Waals surface area contributed by atoms with E-state index in [-0.39, 0.29) is 62.0 Å². The zero-order chi connectivity index (χ0) is 37.4. The molecule has 0 aromatic heterocycles. The van der Waals surface area contributed by atoms with Gasteiger partial charge >= 0.3 is 0 Å². The van der Waals surface area contributed by atoms with Gasteiger partial charge in [0.15, 0.2) is 0 Å². The molecular weight excluding hydrogens is 753 g/mol. The van der Waals surface area contributed by atoms with Gasteiger partial charge in [-0.1, -0.05) is 0 Å². The number of carbonyl (C=O) groups is 1. The number of ketones is 1. The van der Waals surface area contributed by atoms with Crippen LogP contribution in [0.1, 0.15) is 25.7 Å². The first-order valence-electron chi connectivity index (χ1n) is 16.0. The summed E-state index contributed by atoms with van der Waals surface area (Å²) >= 11 is 5.63. The van der Waals surface area contributed by atoms with Crippen LogP contribution in [0.5, 0.6) is 0 Å². The number of Topliss-reactive ketones (excluding diaryl/α,β-unsaturated/α-hetero) is 1. The molecule has 0 radical (unpaired) electrons. The molecule has 0 amide bonds. The first kappa shape index (κ1) is 36.0. The van der Waals surface area contributed by atoms with E-state index in [0.717, 1.165) is 0 Å². The summed E-state index contributed by atoms with van der Waals surface area (Å²) in [5.74, 6) is -9.95. The van der Waals surface area contributed by atoms with Crippen LogP contribution in [-0.2, 0) is 4.79 Å². The molecule has 4 aliphatic heterocycles. The van der Waals surface area contributed by atoms with E-state index < -0.39 is 78.8 Å². The topological polar surface area (TPSA) is 207 Å². The number of allylic oxidation sites excluding steroid dienone is 6. The predicted octanol–water partition coefficient (Wildman–Crippen LogP) is 6.20. The van der Waals surface area contributed by atoms with Crippen molar-refractivity contribution in [2.75, 3.05) is 0 Å². The maximum Gasteiger partial charge on any atom is 0.296 e. The highest BCUT2D eigenvalue weighted by Gasteiger charge is 2.67. The van der Waals surface area contributed by atoms with Crippen LogP contribution < -0.4 is 0 Å². The number of hydrogen-bond donors (Lipinski definition) is 0. The standard InChI is InChI=1S/C35H20F4N8OS4/c36-34(37)25(13(5-40)6-41)17-1-21(49-30(17)27(34)15(9-44)10-45)23-3-19-29(48)20-4-24(52-33(20)32(19)51-23)22-2-18-26(14(7-42)8-43)35(38,39)28(31(18)50-22)16(11-46)12-47/h17-24,30-33H,1-4H2. The first-order valence-corrected chi connectivity index (χ1v) is 19.7. The second kappa shape index (κ2) is 13.0. The minimum Gasteiger partial charge on any atom is -0.299 e. The highest BCUT2D eigenvalue weighted by Crippen LogP contribution is 2.68. The van der Waals surface area contributed by atoms with Crippen LogP contribution in [0.4, 0.5) is 17.6 Å². The third kappa shape index (κ3) is 4.95. The SMILES string of the molecule is N#CC(C#N)=C1C2CC(C3CC4C(=O)C5CC(C6CC7C(=C(C#N)C#N)C(F)(F)C(=C(C#N)C#N)C7S6)SC5C4S3)SC2C(=C(C#N)C#N)C1(F)F. The van der Waals surface area contributed by atoms with Gasteiger partial charge in [0.05, 0.1) is 0 Å². The molecule has 3 aliphatic carbocycles. The van der Waals surface area contributed by atoms with Gasteiger partial charge in [0.25, 0.3) is 11.8 Å². The number of rotatable bonds is 2. The van der Waals surface area contributed by atoms with Gasteiger partial charge in [0.2, 0.25) is 0 Å². The Kier molecular flexibility index (Phi) is 8.98. The Balaban J connectivity index is 1.11. The largest absolute Gasteiger partial charge is 0.299 e. The number of nitriles is 8. The normalized spacial score (nSPS) is 38.2. The number of carbonyl (C=O) groups excluding carboxylic acids is 1. The molecule has 7 fully saturated rings. The molecule has 0 aromatic carbocycles. The fourth-order valence-corrected chi connectivity index (χ4v) is 17.7. The molecular formula is C35H20F4N8OS4. The number of fused-ring (bicyclic) bond motifs is 5. The minimum atomic E-state index is -3.80. The molecule has 52 heavy (non-hydrogen) atoms. The summed E-state index contributed by atoms with van der Waals surface area (Å²) in [5, 5.41) is 73.2. The van der Waals surface area contributed by atoms with E-state index in [1.54, 1.807) is 72.1 Å². The van der Waals surface area contributed by atoms with Crippen molar-refractivity contribution < 1.29 is 22.4 Å². The van der Waals surface area contributed by atoms with Crippen molar-refractivity contribution in [2.24, 2.45) is 23.7 Å². The van der Waals surface area contributed by atoms with E-state index in [1.165, 1.54) is 23.5 Å². The Morgan fingerprint density at radius 3 is 1.04 bits per heavy atom. The fraction of sp³-hybridized carbons (Fsp3) is 0.514. The van der Waals surface area contributed by atoms with Gasteiger partial charge in [-0.05, 0) is 25.7 Å². The monoisotopic (exact) mass is 772 g/mol. The molecule has 17 heteroatoms. The van der Waals surface area contributed by atoms with Crippen molar-refractivity contribution >= 4 is 52.8 Å². The average Bonchev–Trinajstić information content (AvgIpc) is 3.97. The fourth-order valence-electron chi connectivity index (χ4n) is 9.36. The second-order valence-corrected chi connectivity index (χ2v) is 19.1. The minimum absolute atomic E-state index is 0.0896. The summed E-state index contributed by atoms with van der Waals surface area (Å²) in [6.07, 6.45) is 1.35. The van der Waals surface area contributed by atoms with Gasteiger partial charge in [0.1, 0.15) is 76.6 Å². The summed E-state index contributed by atoms with van der Waals surface area (Å²) in [5.41, 5.74) is -5.62. The lowest BCUT2D eigenvalue weighted by molar-refractivity contribution is -0.123. The average molecular weight is 773 g/mol. The molecule has 9 nitrogen and oxygen atoms in total. The Morgan fingerprint density at radius 1 is 0.462 bits per heavy atom. The van der Waals surface area contributed by atoms with E-state index in [1.807, 2.05) is 0 Å². The summed E-state index contributed by atoms with van der Waals surface area (Å²) < 4.78 is 62.9. The second-order valence-electron chi connectivity index (χ2n) is 13.4. The number of thioether (sulfide) groups is 4. The summed E-state index contributed by atoms with van der Waals surface area (Å²) in [6.45, 7) is 0. The van der Waals surface area contributed by atoms with Crippen LogP contribution in [0, 0.1) is 114 Å². The van der Waals surface area contributed by atoms with Gasteiger partial charge in [-0.25, -0.2) is 0 Å². The van der Waals surface area contributed by atoms with Crippen LogP contribution in [0.15, 0.2) is 44.6 Å². The Labute approximate surface area is 312 Å². The number of alkyl halides is 4. The Morgan fingerprint density at radius 2 is 0.731 bits per heavy atom. The van der Waals surface area contributed by atoms with Crippen LogP contribution in [0.25, 0.3) is 0 Å². The van der Waals surface area contributed by atoms with E-state index in [0.29, 0.717) is 12.8 Å². The van der Waals surface area contributed by atoms with Crippen LogP contribution in [0.2, 0.25) is 0 Å². The molecule has 0 aromatic rings. The van der Waals surface area contributed by atoms with Crippen molar-refractivity contribution in [3.05, 3.63) is 44.6 Å². The lowest BCUT2D eigenvalue weighted by Crippen LogP contribution is -2.26. The quantitative estimate of drug-likeness (QED) is 0.226. The van der Waals surface area contributed by atoms with Crippen molar-refractivity contribution in [2.45, 2.75) is 79.5 Å². The van der Waals surface area contributed by atoms with E-state index >= 15 is 17.6 Å². The molecule has 0 bridgehead atoms. The zero-order valence-electron chi connectivity index (χ0n) is 26.4. The number of halogens is 4. The third-order valence-corrected chi connectivity index (χ3v) is 18.9. The van der Waals surface area contributed by atoms with E-state index in [2.05, 4.69) is 0 Å². The van der Waals surface area contributed by atoms with Gasteiger partial charge in [-0.2, -0.15) is 83.2 Å². The molecule has 4 heterocycles. The van der Waals surface area contributed by atoms with Crippen molar-refractivity contribution in [3.63, 3.8) is 0 Å². The highest BCUT2D eigenvalue weighted by atomic mass is 32.2. The Bertz CT molecular complexity index is 1860. The summed E-state index contributed by atoms with van der Waals surface area (Å²) in [6, 6.07) is 12.5. The van der Waals surface area contributed by atoms with Crippen LogP contribution in [-0.4, -0.2) is 59.6 Å². The van der Waals surface area contributed by atoms with E-state index in [9.17, 15) is 46.9 Å². The molecule has 7 rings (SSSR count). The van der Waals surface area contributed by atoms with Crippen molar-refractivity contribution in [1.29, 1.82) is 42.1 Å². The van der Waals surface area contributed by atoms with Gasteiger partial charge in [0, 0.05) is 88.0 Å². The number of nitrogens with zero attached hydrogens (tertiary/aromatic N) is 8. The molecule has 4 saturated heterocycles. The first-order chi connectivity index (χ1) is 24.9. The van der Waals surface area contributed by atoms with E-state index in [4.69, 9.17) is 0 Å². The summed E-state index contributed by atoms with van der Waals surface area (Å²) in [4.78, 5) is 13.9. The maximum absolute atomic E-state index is 15.7. The van der Waals surface area contributed by atoms with Crippen molar-refractivity contribution in [1.82, 2.24) is 0 Å². The highest BCUT2D eigenvalue weighted by molar-refractivity contribution is 8.07. The molecule has 12 unspecified atom stereocenters. The molecule has 0 spiro atoms. The Hall–Kier alpha value is -4.33. The molecule has 3 saturated carbocycles. The predicted molar refractivity (Wildman–Crippen MR) is 181 cm³/mol. The molecule has 7 aliphatic rings. The smallest absolute Gasteiger partial charge is 0.296 e. The van der Waals surface area contributed by atoms with Crippen LogP contribution in [0.3, 0.4) is 0 Å². The van der Waals surface area contributed by atoms with Gasteiger partial charge in [-0.3, -0.25) is 4.79 Å². The lowest BCUT2D eigenvalue weighted by atomic mass is 9.89. The van der Waals surface area contributed by atoms with Gasteiger partial charge in [-0.15, -0.1) is 23.5 Å². The summed E-state index contributed by atoms with van der Waals surface area (Å²) in [7, 11) is 0. The van der Waals surface area contributed by atoms with Crippen LogP contribution >= 0.6 is 47.0 Å². The maximum atomic E-state index is 15.7. The van der Waals surface area contributed by atoms with Gasteiger partial charge < -0.3 is 0 Å². The third-order valence-electron chi connectivity index (χ3n) is 11.3. The molecule has 12 atom stereocenters. The molecule has 258 valence electrons. The lowest BCUT2D eigenvalue weighted by Gasteiger charge is -2.24. The number of hydrogen-bond acceptors (Lipinski definition) is 13. The molecule has 0 N–H and O–H groups in total.